The lowest BCUT2D eigenvalue weighted by Crippen LogP contribution is -2.28. The van der Waals surface area contributed by atoms with Gasteiger partial charge in [-0.3, -0.25) is 4.79 Å². The molecule has 1 amide bonds. The number of hydrogen-bond donors (Lipinski definition) is 1. The minimum Gasteiger partial charge on any atom is -0.320 e. The number of carbonyl (C=O) groups is 1. The predicted octanol–water partition coefficient (Wildman–Crippen LogP) is 2.46. The number of nitrogens with one attached hydrogen (secondary N) is 1. The van der Waals surface area contributed by atoms with Gasteiger partial charge in [0.1, 0.15) is 0 Å². The fourth-order valence-corrected chi connectivity index (χ4v) is 0.771. The van der Waals surface area contributed by atoms with Crippen LogP contribution in [0, 0.1) is 0 Å². The average Bonchev–Trinajstić information content (AvgIpc) is 2.04. The molecule has 0 aliphatic carbocycles. The number of para-hydroxylation sites is 1. The van der Waals surface area contributed by atoms with Crippen LogP contribution in [0.5, 0.6) is 0 Å². The van der Waals surface area contributed by atoms with Crippen molar-refractivity contribution >= 4 is 23.2 Å². The van der Waals surface area contributed by atoms with Crippen molar-refractivity contribution in [3.63, 3.8) is 0 Å². The van der Waals surface area contributed by atoms with E-state index in [1.807, 2.05) is 5.32 Å². The molecule has 0 aliphatic rings. The minimum absolute atomic E-state index is 0.285. The van der Waals surface area contributed by atoms with Crippen LogP contribution in [0.25, 0.3) is 0 Å². The zero-order chi connectivity index (χ0) is 9.90. The van der Waals surface area contributed by atoms with Crippen molar-refractivity contribution in [1.29, 1.82) is 0 Å². The van der Waals surface area contributed by atoms with Crippen molar-refractivity contribution in [3.05, 3.63) is 30.3 Å². The van der Waals surface area contributed by atoms with Crippen molar-refractivity contribution in [2.75, 3.05) is 5.32 Å². The van der Waals surface area contributed by atoms with Crippen LogP contribution in [-0.4, -0.2) is 11.3 Å². The average molecular weight is 206 g/mol. The van der Waals surface area contributed by atoms with Crippen LogP contribution in [0.1, 0.15) is 0 Å². The van der Waals surface area contributed by atoms with Crippen LogP contribution in [-0.2, 0) is 4.79 Å². The normalized spacial score (nSPS) is 11.0. The highest BCUT2D eigenvalue weighted by Crippen LogP contribution is 2.20. The van der Waals surface area contributed by atoms with E-state index in [9.17, 15) is 13.6 Å². The van der Waals surface area contributed by atoms with Crippen LogP contribution in [0.3, 0.4) is 0 Å². The zero-order valence-electron chi connectivity index (χ0n) is 6.43. The van der Waals surface area contributed by atoms with E-state index < -0.39 is 11.3 Å². The third-order valence-electron chi connectivity index (χ3n) is 1.29. The first kappa shape index (κ1) is 9.92. The largest absolute Gasteiger partial charge is 0.400 e. The smallest absolute Gasteiger partial charge is 0.320 e. The molecule has 0 bridgehead atoms. The van der Waals surface area contributed by atoms with E-state index >= 15 is 0 Å². The third-order valence-corrected chi connectivity index (χ3v) is 1.46. The molecule has 1 aromatic rings. The van der Waals surface area contributed by atoms with Crippen LogP contribution in [0.4, 0.5) is 14.5 Å². The maximum absolute atomic E-state index is 12.2. The van der Waals surface area contributed by atoms with E-state index in [-0.39, 0.29) is 5.69 Å². The van der Waals surface area contributed by atoms with E-state index in [1.165, 1.54) is 12.1 Å². The summed E-state index contributed by atoms with van der Waals surface area (Å²) in [5, 5.41) is -1.90. The molecule has 5 heteroatoms. The number of carbonyl (C=O) groups excluding carboxylic acids is 1. The third kappa shape index (κ3) is 2.99. The molecule has 13 heavy (non-hydrogen) atoms. The van der Waals surface area contributed by atoms with Crippen LogP contribution >= 0.6 is 11.6 Å². The quantitative estimate of drug-likeness (QED) is 0.739. The van der Waals surface area contributed by atoms with Gasteiger partial charge in [0, 0.05) is 5.69 Å². The lowest BCUT2D eigenvalue weighted by atomic mass is 10.3. The van der Waals surface area contributed by atoms with Crippen LogP contribution < -0.4 is 5.32 Å². The summed E-state index contributed by atoms with van der Waals surface area (Å²) in [6.07, 6.45) is 0. The topological polar surface area (TPSA) is 29.1 Å². The Balaban J connectivity index is 2.66. The second kappa shape index (κ2) is 3.70. The maximum atomic E-state index is 12.2. The van der Waals surface area contributed by atoms with E-state index in [0.717, 1.165) is 0 Å². The van der Waals surface area contributed by atoms with E-state index in [1.54, 1.807) is 18.2 Å². The highest BCUT2D eigenvalue weighted by atomic mass is 35.5. The number of amides is 1. The highest BCUT2D eigenvalue weighted by Gasteiger charge is 2.35. The Hall–Kier alpha value is -1.16. The van der Waals surface area contributed by atoms with Gasteiger partial charge in [0.2, 0.25) is 0 Å². The molecule has 2 nitrogen and oxygen atoms in total. The van der Waals surface area contributed by atoms with Gasteiger partial charge in [-0.15, -0.1) is 0 Å². The Morgan fingerprint density at radius 3 is 2.31 bits per heavy atom. The zero-order valence-corrected chi connectivity index (χ0v) is 7.18. The Bertz CT molecular complexity index is 297. The van der Waals surface area contributed by atoms with Gasteiger partial charge >= 0.3 is 11.3 Å². The Morgan fingerprint density at radius 1 is 1.31 bits per heavy atom. The summed E-state index contributed by atoms with van der Waals surface area (Å²) in [6, 6.07) is 7.90. The van der Waals surface area contributed by atoms with Gasteiger partial charge in [0.15, 0.2) is 0 Å². The SMILES string of the molecule is O=C(Nc1ccccc1)C(F)(F)Cl. The fraction of sp³-hybridized carbons (Fsp3) is 0.125. The molecule has 1 N–H and O–H groups in total. The Kier molecular flexibility index (Phi) is 2.83. The monoisotopic (exact) mass is 205 g/mol. The van der Waals surface area contributed by atoms with E-state index in [0.29, 0.717) is 0 Å². The number of alkyl halides is 3. The second-order valence-corrected chi connectivity index (χ2v) is 2.79. The summed E-state index contributed by atoms with van der Waals surface area (Å²) in [6.45, 7) is 0. The molecule has 0 saturated carbocycles. The molecule has 0 unspecified atom stereocenters. The molecule has 1 rings (SSSR count). The van der Waals surface area contributed by atoms with Gasteiger partial charge in [-0.2, -0.15) is 8.78 Å². The first-order valence-electron chi connectivity index (χ1n) is 3.43. The van der Waals surface area contributed by atoms with Crippen molar-refractivity contribution in [1.82, 2.24) is 0 Å². The summed E-state index contributed by atoms with van der Waals surface area (Å²) in [4.78, 5) is 10.6. The van der Waals surface area contributed by atoms with Crippen LogP contribution in [0.15, 0.2) is 30.3 Å². The van der Waals surface area contributed by atoms with Gasteiger partial charge < -0.3 is 5.32 Å². The number of benzene rings is 1. The van der Waals surface area contributed by atoms with E-state index in [2.05, 4.69) is 11.6 Å². The molecule has 0 spiro atoms. The molecule has 0 fully saturated rings. The van der Waals surface area contributed by atoms with Gasteiger partial charge in [-0.05, 0) is 23.7 Å². The van der Waals surface area contributed by atoms with Crippen molar-refractivity contribution in [3.8, 4) is 0 Å². The Morgan fingerprint density at radius 2 is 1.85 bits per heavy atom. The molecule has 70 valence electrons. The molecule has 0 aromatic heterocycles. The van der Waals surface area contributed by atoms with Gasteiger partial charge in [-0.25, -0.2) is 0 Å². The molecule has 0 atom stereocenters. The van der Waals surface area contributed by atoms with E-state index in [4.69, 9.17) is 0 Å². The van der Waals surface area contributed by atoms with Crippen molar-refractivity contribution in [2.45, 2.75) is 5.38 Å². The number of rotatable bonds is 2. The molecule has 0 radical (unpaired) electrons. The lowest BCUT2D eigenvalue weighted by Gasteiger charge is -2.08. The van der Waals surface area contributed by atoms with Gasteiger partial charge in [0.05, 0.1) is 0 Å². The van der Waals surface area contributed by atoms with Crippen molar-refractivity contribution in [2.24, 2.45) is 0 Å². The lowest BCUT2D eigenvalue weighted by molar-refractivity contribution is -0.130. The summed E-state index contributed by atoms with van der Waals surface area (Å²) in [5.74, 6) is -1.53. The molecule has 0 saturated heterocycles. The number of anilines is 1. The molecular weight excluding hydrogens is 200 g/mol. The van der Waals surface area contributed by atoms with Gasteiger partial charge in [-0.1, -0.05) is 18.2 Å². The molecule has 0 aliphatic heterocycles. The first-order chi connectivity index (χ1) is 6.00. The summed E-state index contributed by atoms with van der Waals surface area (Å²) in [7, 11) is 0. The first-order valence-corrected chi connectivity index (χ1v) is 3.81. The van der Waals surface area contributed by atoms with Gasteiger partial charge in [0.25, 0.3) is 0 Å². The minimum atomic E-state index is -3.87. The summed E-state index contributed by atoms with van der Waals surface area (Å²) < 4.78 is 24.3. The number of hydrogen-bond acceptors (Lipinski definition) is 1. The number of halogens is 3. The standard InChI is InChI=1S/C8H6ClF2NO/c9-8(10,11)7(13)12-6-4-2-1-3-5-6/h1-5H,(H,12,13). The highest BCUT2D eigenvalue weighted by molar-refractivity contribution is 6.33. The maximum Gasteiger partial charge on any atom is 0.400 e. The molecule has 0 heterocycles. The molecule has 1 aromatic carbocycles. The van der Waals surface area contributed by atoms with Crippen molar-refractivity contribution < 1.29 is 13.6 Å². The summed E-state index contributed by atoms with van der Waals surface area (Å²) in [5.41, 5.74) is 0.285. The summed E-state index contributed by atoms with van der Waals surface area (Å²) >= 11 is 4.49. The van der Waals surface area contributed by atoms with Crippen LogP contribution in [0.2, 0.25) is 0 Å². The second-order valence-electron chi connectivity index (χ2n) is 2.32. The molecular formula is C8H6ClF2NO. The fourth-order valence-electron chi connectivity index (χ4n) is 0.723. The predicted molar refractivity (Wildman–Crippen MR) is 45.9 cm³/mol. The Labute approximate surface area is 78.5 Å².